The minimum Gasteiger partial charge on any atom is -0.484 e. The van der Waals surface area contributed by atoms with E-state index in [0.29, 0.717) is 6.54 Å². The molecule has 1 aromatic rings. The topological polar surface area (TPSA) is 61.8 Å². The average molecular weight is 334 g/mol. The van der Waals surface area contributed by atoms with Gasteiger partial charge in [0.15, 0.2) is 6.61 Å². The Morgan fingerprint density at radius 3 is 2.75 bits per heavy atom. The van der Waals surface area contributed by atoms with Crippen LogP contribution in [0.3, 0.4) is 0 Å². The first-order valence-electron chi connectivity index (χ1n) is 8.81. The molecule has 1 amide bonds. The van der Waals surface area contributed by atoms with Gasteiger partial charge in [-0.1, -0.05) is 24.6 Å². The number of piperidine rings is 1. The molecule has 2 N–H and O–H groups in total. The lowest BCUT2D eigenvalue weighted by Gasteiger charge is -2.31. The maximum absolute atomic E-state index is 11.9. The Morgan fingerprint density at radius 1 is 1.38 bits per heavy atom. The summed E-state index contributed by atoms with van der Waals surface area (Å²) in [4.78, 5) is 14.1. The highest BCUT2D eigenvalue weighted by Gasteiger charge is 2.18. The molecule has 0 spiro atoms. The van der Waals surface area contributed by atoms with E-state index < -0.39 is 6.10 Å². The molecule has 2 rings (SSSR count). The molecule has 5 heteroatoms. The molecular weight excluding hydrogens is 304 g/mol. The second kappa shape index (κ2) is 9.04. The first-order valence-corrected chi connectivity index (χ1v) is 8.81. The van der Waals surface area contributed by atoms with Gasteiger partial charge in [0.1, 0.15) is 5.75 Å². The summed E-state index contributed by atoms with van der Waals surface area (Å²) >= 11 is 0. The summed E-state index contributed by atoms with van der Waals surface area (Å²) in [6.45, 7) is 9.16. The number of rotatable bonds is 7. The van der Waals surface area contributed by atoms with Gasteiger partial charge >= 0.3 is 0 Å². The number of aliphatic hydroxyl groups excluding tert-OH is 1. The zero-order chi connectivity index (χ0) is 17.5. The summed E-state index contributed by atoms with van der Waals surface area (Å²) < 4.78 is 5.54. The average Bonchev–Trinajstić information content (AvgIpc) is 2.54. The number of aliphatic hydroxyl groups is 1. The van der Waals surface area contributed by atoms with Crippen LogP contribution in [0.1, 0.15) is 30.9 Å². The quantitative estimate of drug-likeness (QED) is 0.799. The lowest BCUT2D eigenvalue weighted by atomic mass is 9.99. The molecule has 1 unspecified atom stereocenters. The third-order valence-electron chi connectivity index (χ3n) is 4.57. The Balaban J connectivity index is 1.65. The highest BCUT2D eigenvalue weighted by atomic mass is 16.5. The summed E-state index contributed by atoms with van der Waals surface area (Å²) in [6.07, 6.45) is 1.83. The van der Waals surface area contributed by atoms with E-state index in [0.717, 1.165) is 30.3 Å². The molecule has 24 heavy (non-hydrogen) atoms. The van der Waals surface area contributed by atoms with Crippen LogP contribution in [0.5, 0.6) is 5.75 Å². The maximum Gasteiger partial charge on any atom is 0.258 e. The standard InChI is InChI=1S/C19H30N2O3/c1-14-6-8-21(9-7-14)12-17(22)11-20-19(23)13-24-18-5-4-15(2)10-16(18)3/h4-5,10,14,17,22H,6-9,11-13H2,1-3H3,(H,20,23). The van der Waals surface area contributed by atoms with Crippen LogP contribution >= 0.6 is 0 Å². The zero-order valence-electron chi connectivity index (χ0n) is 15.0. The Labute approximate surface area is 145 Å². The molecule has 5 nitrogen and oxygen atoms in total. The fourth-order valence-corrected chi connectivity index (χ4v) is 2.99. The van der Waals surface area contributed by atoms with E-state index in [1.165, 1.54) is 18.4 Å². The van der Waals surface area contributed by atoms with Crippen molar-refractivity contribution in [1.82, 2.24) is 10.2 Å². The lowest BCUT2D eigenvalue weighted by Crippen LogP contribution is -2.43. The van der Waals surface area contributed by atoms with Gasteiger partial charge in [-0.05, 0) is 57.3 Å². The molecule has 0 aromatic heterocycles. The van der Waals surface area contributed by atoms with Crippen molar-refractivity contribution >= 4 is 5.91 Å². The van der Waals surface area contributed by atoms with Crippen LogP contribution in [0.4, 0.5) is 0 Å². The monoisotopic (exact) mass is 334 g/mol. The number of hydrogen-bond donors (Lipinski definition) is 2. The fraction of sp³-hybridized carbons (Fsp3) is 0.632. The Hall–Kier alpha value is -1.59. The minimum atomic E-state index is -0.538. The third kappa shape index (κ3) is 6.13. The van der Waals surface area contributed by atoms with Gasteiger partial charge in [0, 0.05) is 13.1 Å². The van der Waals surface area contributed by atoms with E-state index in [2.05, 4.69) is 17.1 Å². The molecule has 0 aliphatic carbocycles. The van der Waals surface area contributed by atoms with Crippen molar-refractivity contribution in [1.29, 1.82) is 0 Å². The number of nitrogens with zero attached hydrogens (tertiary/aromatic N) is 1. The molecular formula is C19H30N2O3. The van der Waals surface area contributed by atoms with Gasteiger partial charge in [0.25, 0.3) is 5.91 Å². The van der Waals surface area contributed by atoms with Gasteiger partial charge in [-0.15, -0.1) is 0 Å². The summed E-state index contributed by atoms with van der Waals surface area (Å²) in [5.74, 6) is 1.29. The van der Waals surface area contributed by atoms with E-state index in [4.69, 9.17) is 4.74 Å². The van der Waals surface area contributed by atoms with Gasteiger partial charge in [0.05, 0.1) is 6.10 Å². The molecule has 0 radical (unpaired) electrons. The smallest absolute Gasteiger partial charge is 0.258 e. The summed E-state index contributed by atoms with van der Waals surface area (Å²) in [5, 5.41) is 12.8. The third-order valence-corrected chi connectivity index (χ3v) is 4.57. The van der Waals surface area contributed by atoms with Crippen molar-refractivity contribution in [2.45, 2.75) is 39.7 Å². The van der Waals surface area contributed by atoms with Crippen LogP contribution in [-0.4, -0.2) is 54.8 Å². The second-order valence-corrected chi connectivity index (χ2v) is 7.00. The van der Waals surface area contributed by atoms with Crippen LogP contribution in [0.2, 0.25) is 0 Å². The maximum atomic E-state index is 11.9. The predicted molar refractivity (Wildman–Crippen MR) is 95.3 cm³/mol. The predicted octanol–water partition coefficient (Wildman–Crippen LogP) is 1.89. The van der Waals surface area contributed by atoms with Crippen molar-refractivity contribution in [3.8, 4) is 5.75 Å². The number of benzene rings is 1. The number of hydrogen-bond acceptors (Lipinski definition) is 4. The molecule has 0 bridgehead atoms. The van der Waals surface area contributed by atoms with Crippen LogP contribution in [0, 0.1) is 19.8 Å². The highest BCUT2D eigenvalue weighted by molar-refractivity contribution is 5.77. The number of aryl methyl sites for hydroxylation is 2. The molecule has 0 saturated carbocycles. The van der Waals surface area contributed by atoms with E-state index >= 15 is 0 Å². The van der Waals surface area contributed by atoms with Crippen LogP contribution < -0.4 is 10.1 Å². The summed E-state index contributed by atoms with van der Waals surface area (Å²) in [5.41, 5.74) is 2.18. The minimum absolute atomic E-state index is 0.0299. The Kier molecular flexibility index (Phi) is 7.06. The van der Waals surface area contributed by atoms with E-state index in [1.54, 1.807) is 0 Å². The van der Waals surface area contributed by atoms with Gasteiger partial charge in [-0.3, -0.25) is 4.79 Å². The first kappa shape index (κ1) is 18.7. The molecule has 1 atom stereocenters. The van der Waals surface area contributed by atoms with Crippen LogP contribution in [0.15, 0.2) is 18.2 Å². The molecule has 1 fully saturated rings. The largest absolute Gasteiger partial charge is 0.484 e. The van der Waals surface area contributed by atoms with Crippen molar-refractivity contribution < 1.29 is 14.6 Å². The van der Waals surface area contributed by atoms with Crippen molar-refractivity contribution in [2.75, 3.05) is 32.8 Å². The Morgan fingerprint density at radius 2 is 2.08 bits per heavy atom. The zero-order valence-corrected chi connectivity index (χ0v) is 15.0. The summed E-state index contributed by atoms with van der Waals surface area (Å²) in [6, 6.07) is 5.87. The fourth-order valence-electron chi connectivity index (χ4n) is 2.99. The molecule has 1 heterocycles. The highest BCUT2D eigenvalue weighted by Crippen LogP contribution is 2.18. The number of likely N-dealkylation sites (tertiary alicyclic amines) is 1. The van der Waals surface area contributed by atoms with E-state index in [-0.39, 0.29) is 19.1 Å². The van der Waals surface area contributed by atoms with Crippen molar-refractivity contribution in [2.24, 2.45) is 5.92 Å². The second-order valence-electron chi connectivity index (χ2n) is 7.00. The molecule has 1 saturated heterocycles. The van der Waals surface area contributed by atoms with Gasteiger partial charge in [-0.25, -0.2) is 0 Å². The number of carbonyl (C=O) groups excluding carboxylic acids is 1. The number of amides is 1. The van der Waals surface area contributed by atoms with Gasteiger partial charge in [0.2, 0.25) is 0 Å². The molecule has 1 aliphatic heterocycles. The van der Waals surface area contributed by atoms with Crippen LogP contribution in [0.25, 0.3) is 0 Å². The lowest BCUT2D eigenvalue weighted by molar-refractivity contribution is -0.123. The van der Waals surface area contributed by atoms with E-state index in [9.17, 15) is 9.90 Å². The molecule has 134 valence electrons. The van der Waals surface area contributed by atoms with Crippen molar-refractivity contribution in [3.63, 3.8) is 0 Å². The molecule has 1 aliphatic rings. The van der Waals surface area contributed by atoms with Gasteiger partial charge in [-0.2, -0.15) is 0 Å². The van der Waals surface area contributed by atoms with Crippen molar-refractivity contribution in [3.05, 3.63) is 29.3 Å². The van der Waals surface area contributed by atoms with Gasteiger partial charge < -0.3 is 20.1 Å². The number of carbonyl (C=O) groups is 1. The summed E-state index contributed by atoms with van der Waals surface area (Å²) in [7, 11) is 0. The van der Waals surface area contributed by atoms with E-state index in [1.807, 2.05) is 32.0 Å². The SMILES string of the molecule is Cc1ccc(OCC(=O)NCC(O)CN2CCC(C)CC2)c(C)c1. The van der Waals surface area contributed by atoms with Crippen LogP contribution in [-0.2, 0) is 4.79 Å². The Bertz CT molecular complexity index is 539. The first-order chi connectivity index (χ1) is 11.4. The normalized spacial score (nSPS) is 17.5. The number of β-amino-alcohol motifs (C(OH)–C–C–N with tert-alkyl or cyclic N) is 1. The molecule has 1 aromatic carbocycles. The number of nitrogens with one attached hydrogen (secondary N) is 1. The number of ether oxygens (including phenoxy) is 1.